The van der Waals surface area contributed by atoms with Crippen LogP contribution in [-0.2, 0) is 4.74 Å². The van der Waals surface area contributed by atoms with E-state index in [2.05, 4.69) is 26.0 Å². The lowest BCUT2D eigenvalue weighted by Gasteiger charge is -2.13. The molecule has 3 N–H and O–H groups in total. The summed E-state index contributed by atoms with van der Waals surface area (Å²) in [5, 5.41) is 3.10. The third-order valence-electron chi connectivity index (χ3n) is 3.01. The number of nitrogens with two attached hydrogens (primary N) is 1. The third-order valence-corrected chi connectivity index (χ3v) is 3.62. The molecule has 110 valence electrons. The van der Waals surface area contributed by atoms with E-state index in [1.807, 2.05) is 0 Å². The number of benzene rings is 2. The number of halogens is 2. The first-order chi connectivity index (χ1) is 9.92. The molecule has 0 aliphatic rings. The predicted molar refractivity (Wildman–Crippen MR) is 84.3 cm³/mol. The van der Waals surface area contributed by atoms with Crippen LogP contribution in [0.5, 0.6) is 0 Å². The first-order valence-corrected chi connectivity index (χ1v) is 6.92. The Morgan fingerprint density at radius 2 is 2.00 bits per heavy atom. The second kappa shape index (κ2) is 6.13. The van der Waals surface area contributed by atoms with Gasteiger partial charge in [0.1, 0.15) is 5.82 Å². The number of ether oxygens (including phenoxy) is 1. The highest BCUT2D eigenvalue weighted by Gasteiger charge is 2.11. The summed E-state index contributed by atoms with van der Waals surface area (Å²) < 4.78 is 18.5. The van der Waals surface area contributed by atoms with Crippen molar-refractivity contribution in [1.29, 1.82) is 0 Å². The van der Waals surface area contributed by atoms with Gasteiger partial charge in [0.15, 0.2) is 0 Å². The first kappa shape index (κ1) is 15.3. The fourth-order valence-electron chi connectivity index (χ4n) is 1.84. The van der Waals surface area contributed by atoms with Gasteiger partial charge in [-0.1, -0.05) is 0 Å². The Bertz CT molecular complexity index is 704. The molecule has 0 heterocycles. The van der Waals surface area contributed by atoms with Crippen molar-refractivity contribution < 1.29 is 13.9 Å². The fourth-order valence-corrected chi connectivity index (χ4v) is 2.18. The second-order valence-corrected chi connectivity index (χ2v) is 5.35. The van der Waals surface area contributed by atoms with Crippen LogP contribution < -0.4 is 11.1 Å². The summed E-state index contributed by atoms with van der Waals surface area (Å²) in [6.45, 7) is 1.78. The minimum absolute atomic E-state index is 0.339. The molecule has 0 amide bonds. The Hall–Kier alpha value is -2.08. The van der Waals surface area contributed by atoms with Crippen LogP contribution in [0.1, 0.15) is 15.9 Å². The highest BCUT2D eigenvalue weighted by molar-refractivity contribution is 9.10. The van der Waals surface area contributed by atoms with Gasteiger partial charge in [0.25, 0.3) is 0 Å². The summed E-state index contributed by atoms with van der Waals surface area (Å²) in [4.78, 5) is 11.5. The molecule has 2 aromatic rings. The van der Waals surface area contributed by atoms with E-state index in [0.717, 1.165) is 5.56 Å². The monoisotopic (exact) mass is 352 g/mol. The maximum absolute atomic E-state index is 13.4. The minimum atomic E-state index is -0.449. The van der Waals surface area contributed by atoms with Crippen molar-refractivity contribution >= 4 is 39.0 Å². The number of rotatable bonds is 3. The summed E-state index contributed by atoms with van der Waals surface area (Å²) in [5.41, 5.74) is 8.72. The van der Waals surface area contributed by atoms with E-state index in [4.69, 9.17) is 5.73 Å². The van der Waals surface area contributed by atoms with Gasteiger partial charge in [-0.25, -0.2) is 9.18 Å². The zero-order valence-electron chi connectivity index (χ0n) is 11.5. The number of esters is 1. The number of nitrogen functional groups attached to an aromatic ring is 1. The predicted octanol–water partition coefficient (Wildman–Crippen LogP) is 4.01. The van der Waals surface area contributed by atoms with Crippen LogP contribution >= 0.6 is 15.9 Å². The molecule has 0 aromatic heterocycles. The average Bonchev–Trinajstić information content (AvgIpc) is 2.46. The minimum Gasteiger partial charge on any atom is -0.465 e. The van der Waals surface area contributed by atoms with Crippen molar-refractivity contribution in [2.45, 2.75) is 6.92 Å². The molecule has 2 rings (SSSR count). The Balaban J connectivity index is 2.39. The molecule has 0 fully saturated rings. The molecule has 6 heteroatoms. The van der Waals surface area contributed by atoms with Gasteiger partial charge >= 0.3 is 5.97 Å². The molecule has 0 aliphatic carbocycles. The lowest BCUT2D eigenvalue weighted by molar-refractivity contribution is 0.0601. The summed E-state index contributed by atoms with van der Waals surface area (Å²) in [6.07, 6.45) is 0. The fraction of sp³-hybridized carbons (Fsp3) is 0.133. The molecule has 0 radical (unpaired) electrons. The van der Waals surface area contributed by atoms with E-state index in [0.29, 0.717) is 27.1 Å². The van der Waals surface area contributed by atoms with E-state index >= 15 is 0 Å². The van der Waals surface area contributed by atoms with Crippen molar-refractivity contribution in [2.24, 2.45) is 0 Å². The lowest BCUT2D eigenvalue weighted by Crippen LogP contribution is -2.04. The van der Waals surface area contributed by atoms with Crippen molar-refractivity contribution in [3.63, 3.8) is 0 Å². The molecule has 21 heavy (non-hydrogen) atoms. The number of hydrogen-bond acceptors (Lipinski definition) is 4. The molecule has 0 bridgehead atoms. The van der Waals surface area contributed by atoms with Gasteiger partial charge in [0.2, 0.25) is 0 Å². The Labute approximate surface area is 130 Å². The molecular formula is C15H14BrFN2O2. The molecule has 4 nitrogen and oxygen atoms in total. The number of hydrogen-bond donors (Lipinski definition) is 2. The maximum Gasteiger partial charge on any atom is 0.337 e. The second-order valence-electron chi connectivity index (χ2n) is 4.50. The van der Waals surface area contributed by atoms with Crippen LogP contribution in [0.3, 0.4) is 0 Å². The Morgan fingerprint density at radius 3 is 2.67 bits per heavy atom. The zero-order chi connectivity index (χ0) is 15.6. The van der Waals surface area contributed by atoms with Gasteiger partial charge < -0.3 is 15.8 Å². The van der Waals surface area contributed by atoms with Gasteiger partial charge in [0.05, 0.1) is 28.5 Å². The maximum atomic E-state index is 13.4. The van der Waals surface area contributed by atoms with E-state index in [1.165, 1.54) is 13.2 Å². The summed E-state index contributed by atoms with van der Waals surface area (Å²) in [5.74, 6) is -0.788. The largest absolute Gasteiger partial charge is 0.465 e. The number of nitrogens with one attached hydrogen (secondary N) is 1. The normalized spacial score (nSPS) is 10.3. The molecule has 0 saturated carbocycles. The van der Waals surface area contributed by atoms with Crippen LogP contribution in [0, 0.1) is 12.7 Å². The molecule has 0 saturated heterocycles. The number of carbonyl (C=O) groups is 1. The van der Waals surface area contributed by atoms with Crippen molar-refractivity contribution in [3.05, 3.63) is 51.7 Å². The third kappa shape index (κ3) is 3.33. The van der Waals surface area contributed by atoms with Crippen LogP contribution in [0.15, 0.2) is 34.8 Å². The number of anilines is 3. The number of methoxy groups -OCH3 is 1. The number of carbonyl (C=O) groups excluding carboxylic acids is 1. The highest BCUT2D eigenvalue weighted by atomic mass is 79.9. The average molecular weight is 353 g/mol. The van der Waals surface area contributed by atoms with E-state index < -0.39 is 5.97 Å². The molecule has 0 atom stereocenters. The summed E-state index contributed by atoms with van der Waals surface area (Å²) in [6, 6.07) is 7.82. The first-order valence-electron chi connectivity index (χ1n) is 6.13. The Kier molecular flexibility index (Phi) is 4.47. The smallest absolute Gasteiger partial charge is 0.337 e. The van der Waals surface area contributed by atoms with Crippen molar-refractivity contribution in [3.8, 4) is 0 Å². The van der Waals surface area contributed by atoms with Crippen LogP contribution in [0.25, 0.3) is 0 Å². The van der Waals surface area contributed by atoms with Gasteiger partial charge in [-0.2, -0.15) is 0 Å². The molecular weight excluding hydrogens is 339 g/mol. The molecule has 2 aromatic carbocycles. The molecule has 0 unspecified atom stereocenters. The quantitative estimate of drug-likeness (QED) is 0.647. The van der Waals surface area contributed by atoms with Crippen molar-refractivity contribution in [1.82, 2.24) is 0 Å². The molecule has 0 aliphatic heterocycles. The topological polar surface area (TPSA) is 64.3 Å². The Morgan fingerprint density at radius 1 is 1.29 bits per heavy atom. The zero-order valence-corrected chi connectivity index (χ0v) is 13.1. The van der Waals surface area contributed by atoms with Gasteiger partial charge in [-0.15, -0.1) is 0 Å². The van der Waals surface area contributed by atoms with Crippen LogP contribution in [-0.4, -0.2) is 13.1 Å². The highest BCUT2D eigenvalue weighted by Crippen LogP contribution is 2.30. The SMILES string of the molecule is COC(=O)c1ccc(N)c(Nc2cc(Br)c(F)cc2C)c1. The van der Waals surface area contributed by atoms with Crippen molar-refractivity contribution in [2.75, 3.05) is 18.2 Å². The summed E-state index contributed by atoms with van der Waals surface area (Å²) >= 11 is 3.14. The lowest BCUT2D eigenvalue weighted by atomic mass is 10.1. The summed E-state index contributed by atoms with van der Waals surface area (Å²) in [7, 11) is 1.31. The van der Waals surface area contributed by atoms with Crippen LogP contribution in [0.2, 0.25) is 0 Å². The van der Waals surface area contributed by atoms with Gasteiger partial charge in [0, 0.05) is 5.69 Å². The standard InChI is InChI=1S/C15H14BrFN2O2/c1-8-5-11(17)10(16)7-13(8)19-14-6-9(15(20)21-2)3-4-12(14)18/h3-7,19H,18H2,1-2H3. The molecule has 0 spiro atoms. The number of aryl methyl sites for hydroxylation is 1. The van der Waals surface area contributed by atoms with Gasteiger partial charge in [-0.3, -0.25) is 0 Å². The van der Waals surface area contributed by atoms with E-state index in [-0.39, 0.29) is 5.82 Å². The van der Waals surface area contributed by atoms with Crippen LogP contribution in [0.4, 0.5) is 21.5 Å². The van der Waals surface area contributed by atoms with E-state index in [9.17, 15) is 9.18 Å². The van der Waals surface area contributed by atoms with Gasteiger partial charge in [-0.05, 0) is 58.7 Å². The van der Waals surface area contributed by atoms with E-state index in [1.54, 1.807) is 31.2 Å².